The summed E-state index contributed by atoms with van der Waals surface area (Å²) >= 11 is 0. The molecule has 3 aliphatic carbocycles. The van der Waals surface area contributed by atoms with Crippen LogP contribution in [0.25, 0.3) is 0 Å². The van der Waals surface area contributed by atoms with Crippen molar-refractivity contribution >= 4 is 17.5 Å². The van der Waals surface area contributed by atoms with Gasteiger partial charge in [0.15, 0.2) is 11.6 Å². The number of hydrogen-bond donors (Lipinski definition) is 1. The van der Waals surface area contributed by atoms with Crippen LogP contribution in [0.1, 0.15) is 59.8 Å². The first-order valence-corrected chi connectivity index (χ1v) is 8.90. The number of allylic oxidation sites excluding steroid dienone is 4. The van der Waals surface area contributed by atoms with E-state index in [4.69, 9.17) is 0 Å². The summed E-state index contributed by atoms with van der Waals surface area (Å²) in [6.07, 6.45) is 4.89. The van der Waals surface area contributed by atoms with Crippen LogP contribution in [0.3, 0.4) is 0 Å². The lowest BCUT2D eigenvalue weighted by Crippen LogP contribution is -2.52. The molecule has 0 amide bonds. The lowest BCUT2D eigenvalue weighted by Gasteiger charge is -2.54. The molecule has 0 radical (unpaired) electrons. The summed E-state index contributed by atoms with van der Waals surface area (Å²) in [5, 5.41) is 9.80. The molecule has 0 spiro atoms. The van der Waals surface area contributed by atoms with Crippen LogP contribution in [0.2, 0.25) is 0 Å². The maximum absolute atomic E-state index is 12.9. The van der Waals surface area contributed by atoms with Gasteiger partial charge in [-0.2, -0.15) is 0 Å². The predicted octanol–water partition coefficient (Wildman–Crippen LogP) is 3.71. The molecule has 4 nitrogen and oxygen atoms in total. The number of carboxylic acids is 1. The number of aliphatic carboxylic acids is 1. The molecule has 0 heterocycles. The Hall–Kier alpha value is -1.71. The van der Waals surface area contributed by atoms with Crippen molar-refractivity contribution in [2.45, 2.75) is 59.8 Å². The quantitative estimate of drug-likeness (QED) is 0.784. The van der Waals surface area contributed by atoms with Crippen LogP contribution < -0.4 is 0 Å². The Morgan fingerprint density at radius 3 is 2.50 bits per heavy atom. The summed E-state index contributed by atoms with van der Waals surface area (Å²) in [4.78, 5) is 37.7. The first kappa shape index (κ1) is 17.1. The maximum atomic E-state index is 12.9. The van der Waals surface area contributed by atoms with Crippen molar-refractivity contribution in [2.24, 2.45) is 22.7 Å². The molecule has 3 atom stereocenters. The summed E-state index contributed by atoms with van der Waals surface area (Å²) in [6, 6.07) is 0. The second-order valence-electron chi connectivity index (χ2n) is 8.39. The fourth-order valence-corrected chi connectivity index (χ4v) is 5.36. The van der Waals surface area contributed by atoms with Crippen molar-refractivity contribution < 1.29 is 19.5 Å². The topological polar surface area (TPSA) is 71.4 Å². The van der Waals surface area contributed by atoms with Gasteiger partial charge in [0, 0.05) is 22.1 Å². The van der Waals surface area contributed by atoms with E-state index in [2.05, 4.69) is 0 Å². The Balaban J connectivity index is 2.12. The van der Waals surface area contributed by atoms with Crippen LogP contribution in [0.4, 0.5) is 0 Å². The molecule has 130 valence electrons. The lowest BCUT2D eigenvalue weighted by atomic mass is 9.48. The first-order chi connectivity index (χ1) is 11.1. The van der Waals surface area contributed by atoms with Crippen molar-refractivity contribution in [3.8, 4) is 0 Å². The molecule has 0 aromatic carbocycles. The smallest absolute Gasteiger partial charge is 0.309 e. The summed E-state index contributed by atoms with van der Waals surface area (Å²) in [5.41, 5.74) is 0.527. The van der Waals surface area contributed by atoms with Gasteiger partial charge in [-0.05, 0) is 50.5 Å². The van der Waals surface area contributed by atoms with E-state index in [1.807, 2.05) is 27.7 Å². The maximum Gasteiger partial charge on any atom is 0.309 e. The summed E-state index contributed by atoms with van der Waals surface area (Å²) in [5.74, 6) is -0.926. The Bertz CT molecular complexity index is 696. The second-order valence-corrected chi connectivity index (χ2v) is 8.39. The number of Topliss-reactive ketones (excluding diaryl/α,β-unsaturated/α-hetero) is 1. The van der Waals surface area contributed by atoms with E-state index in [9.17, 15) is 19.5 Å². The van der Waals surface area contributed by atoms with Gasteiger partial charge in [-0.25, -0.2) is 0 Å². The number of rotatable bonds is 2. The molecule has 4 heteroatoms. The molecule has 2 unspecified atom stereocenters. The minimum Gasteiger partial charge on any atom is -0.481 e. The number of fused-ring (bicyclic) bond motifs is 2. The monoisotopic (exact) mass is 330 g/mol. The average molecular weight is 330 g/mol. The number of carbonyl (C=O) groups excluding carboxylic acids is 2. The van der Waals surface area contributed by atoms with E-state index in [-0.39, 0.29) is 23.4 Å². The Morgan fingerprint density at radius 2 is 1.92 bits per heavy atom. The summed E-state index contributed by atoms with van der Waals surface area (Å²) in [7, 11) is 0. The predicted molar refractivity (Wildman–Crippen MR) is 90.4 cm³/mol. The summed E-state index contributed by atoms with van der Waals surface area (Å²) < 4.78 is 0. The third-order valence-corrected chi connectivity index (χ3v) is 6.67. The standard InChI is InChI=1S/C20H26O4/c1-11(2)13-10-14(21)16-12(17(13)22)6-7-15-19(16,3)8-5-9-20(15,4)18(23)24/h10-11,15H,5-9H2,1-4H3,(H,23,24)/t15?,19-,20?/m0/s1. The fourth-order valence-electron chi connectivity index (χ4n) is 5.36. The Kier molecular flexibility index (Phi) is 3.85. The highest BCUT2D eigenvalue weighted by molar-refractivity contribution is 6.23. The van der Waals surface area contributed by atoms with E-state index < -0.39 is 16.8 Å². The molecule has 0 aromatic rings. The Labute approximate surface area is 143 Å². The van der Waals surface area contributed by atoms with Gasteiger partial charge in [0.25, 0.3) is 0 Å². The minimum absolute atomic E-state index is 0.00174. The molecule has 0 saturated heterocycles. The van der Waals surface area contributed by atoms with Crippen molar-refractivity contribution in [2.75, 3.05) is 0 Å². The molecule has 0 aromatic heterocycles. The highest BCUT2D eigenvalue weighted by Crippen LogP contribution is 2.60. The third kappa shape index (κ3) is 2.15. The van der Waals surface area contributed by atoms with Gasteiger partial charge in [-0.3, -0.25) is 14.4 Å². The number of hydrogen-bond acceptors (Lipinski definition) is 3. The van der Waals surface area contributed by atoms with Crippen LogP contribution in [-0.2, 0) is 14.4 Å². The molecular formula is C20H26O4. The van der Waals surface area contributed by atoms with Gasteiger partial charge in [0.2, 0.25) is 0 Å². The zero-order valence-electron chi connectivity index (χ0n) is 14.9. The SMILES string of the molecule is CC(C)C1=CC(=O)C2=C(CCC3C(C)(C(=O)O)CCC[C@]23C)C1=O. The zero-order chi connectivity index (χ0) is 17.9. The Morgan fingerprint density at radius 1 is 1.25 bits per heavy atom. The molecule has 0 bridgehead atoms. The number of carboxylic acid groups (broad SMARTS) is 1. The van der Waals surface area contributed by atoms with Gasteiger partial charge in [0.05, 0.1) is 5.41 Å². The number of ketones is 2. The van der Waals surface area contributed by atoms with E-state index in [1.54, 1.807) is 0 Å². The van der Waals surface area contributed by atoms with Crippen LogP contribution in [0, 0.1) is 22.7 Å². The number of carbonyl (C=O) groups is 3. The lowest BCUT2D eigenvalue weighted by molar-refractivity contribution is -0.159. The molecule has 1 saturated carbocycles. The highest BCUT2D eigenvalue weighted by atomic mass is 16.4. The van der Waals surface area contributed by atoms with E-state index in [0.29, 0.717) is 36.0 Å². The van der Waals surface area contributed by atoms with Gasteiger partial charge < -0.3 is 5.11 Å². The minimum atomic E-state index is -0.823. The zero-order valence-corrected chi connectivity index (χ0v) is 14.9. The molecule has 0 aliphatic heterocycles. The van der Waals surface area contributed by atoms with Crippen LogP contribution in [0.15, 0.2) is 22.8 Å². The van der Waals surface area contributed by atoms with Gasteiger partial charge in [-0.1, -0.05) is 27.2 Å². The highest BCUT2D eigenvalue weighted by Gasteiger charge is 2.58. The van der Waals surface area contributed by atoms with Gasteiger partial charge in [0.1, 0.15) is 0 Å². The fraction of sp³-hybridized carbons (Fsp3) is 0.650. The van der Waals surface area contributed by atoms with Crippen molar-refractivity contribution in [3.63, 3.8) is 0 Å². The largest absolute Gasteiger partial charge is 0.481 e. The van der Waals surface area contributed by atoms with Crippen molar-refractivity contribution in [3.05, 3.63) is 22.8 Å². The van der Waals surface area contributed by atoms with Crippen molar-refractivity contribution in [1.29, 1.82) is 0 Å². The first-order valence-electron chi connectivity index (χ1n) is 8.90. The van der Waals surface area contributed by atoms with E-state index >= 15 is 0 Å². The van der Waals surface area contributed by atoms with E-state index in [0.717, 1.165) is 12.8 Å². The molecule has 1 fully saturated rings. The molecule has 3 aliphatic rings. The molecule has 3 rings (SSSR count). The summed E-state index contributed by atoms with van der Waals surface area (Å²) in [6.45, 7) is 7.68. The average Bonchev–Trinajstić information content (AvgIpc) is 2.49. The normalized spacial score (nSPS) is 36.4. The second kappa shape index (κ2) is 5.40. The third-order valence-electron chi connectivity index (χ3n) is 6.67. The molecule has 24 heavy (non-hydrogen) atoms. The van der Waals surface area contributed by atoms with Crippen molar-refractivity contribution in [1.82, 2.24) is 0 Å². The van der Waals surface area contributed by atoms with Crippen LogP contribution >= 0.6 is 0 Å². The molecule has 1 N–H and O–H groups in total. The van der Waals surface area contributed by atoms with Crippen LogP contribution in [0.5, 0.6) is 0 Å². The van der Waals surface area contributed by atoms with E-state index in [1.165, 1.54) is 6.08 Å². The van der Waals surface area contributed by atoms with Crippen LogP contribution in [-0.4, -0.2) is 22.6 Å². The molecular weight excluding hydrogens is 304 g/mol. The van der Waals surface area contributed by atoms with Gasteiger partial charge >= 0.3 is 5.97 Å². The van der Waals surface area contributed by atoms with Gasteiger partial charge in [-0.15, -0.1) is 0 Å².